The summed E-state index contributed by atoms with van der Waals surface area (Å²) in [6.45, 7) is 2.43. The Labute approximate surface area is 139 Å². The topological polar surface area (TPSA) is 78.5 Å². The molecule has 1 heterocycles. The van der Waals surface area contributed by atoms with Crippen LogP contribution in [-0.4, -0.2) is 44.8 Å². The number of carbonyl (C=O) groups excluding carboxylic acids is 1. The molecule has 2 rings (SSSR count). The van der Waals surface area contributed by atoms with E-state index in [0.29, 0.717) is 29.3 Å². The zero-order valence-electron chi connectivity index (χ0n) is 12.6. The molecule has 1 aromatic rings. The molecule has 1 fully saturated rings. The van der Waals surface area contributed by atoms with Gasteiger partial charge in [0.15, 0.2) is 0 Å². The van der Waals surface area contributed by atoms with Gasteiger partial charge in [-0.3, -0.25) is 4.79 Å². The van der Waals surface area contributed by atoms with Crippen molar-refractivity contribution in [1.82, 2.24) is 9.62 Å². The van der Waals surface area contributed by atoms with Crippen molar-refractivity contribution in [2.24, 2.45) is 0 Å². The lowest BCUT2D eigenvalue weighted by molar-refractivity contribution is -0.114. The van der Waals surface area contributed by atoms with Crippen molar-refractivity contribution < 1.29 is 13.2 Å². The first-order valence-corrected chi connectivity index (χ1v) is 9.32. The van der Waals surface area contributed by atoms with Crippen LogP contribution < -0.4 is 10.6 Å². The number of piperidine rings is 1. The van der Waals surface area contributed by atoms with Gasteiger partial charge in [-0.15, -0.1) is 0 Å². The van der Waals surface area contributed by atoms with Gasteiger partial charge in [0, 0.05) is 30.5 Å². The number of hydrogen-bond donors (Lipinski definition) is 2. The van der Waals surface area contributed by atoms with Crippen molar-refractivity contribution in [3.63, 3.8) is 0 Å². The maximum Gasteiger partial charge on any atom is 0.243 e. The Morgan fingerprint density at radius 3 is 2.45 bits per heavy atom. The summed E-state index contributed by atoms with van der Waals surface area (Å²) in [5, 5.41) is 5.82. The number of benzene rings is 1. The van der Waals surface area contributed by atoms with Crippen LogP contribution in [0.3, 0.4) is 0 Å². The fourth-order valence-corrected chi connectivity index (χ4v) is 4.61. The zero-order chi connectivity index (χ0) is 16.3. The van der Waals surface area contributed by atoms with Gasteiger partial charge >= 0.3 is 0 Å². The van der Waals surface area contributed by atoms with Crippen LogP contribution >= 0.6 is 15.9 Å². The van der Waals surface area contributed by atoms with Crippen molar-refractivity contribution >= 4 is 37.5 Å². The summed E-state index contributed by atoms with van der Waals surface area (Å²) < 4.78 is 27.4. The molecule has 1 aliphatic heterocycles. The highest BCUT2D eigenvalue weighted by molar-refractivity contribution is 9.10. The van der Waals surface area contributed by atoms with Crippen LogP contribution in [0.2, 0.25) is 0 Å². The van der Waals surface area contributed by atoms with Crippen LogP contribution in [0.15, 0.2) is 27.6 Å². The summed E-state index contributed by atoms with van der Waals surface area (Å²) >= 11 is 3.31. The summed E-state index contributed by atoms with van der Waals surface area (Å²) in [5.74, 6) is -0.203. The quantitative estimate of drug-likeness (QED) is 0.822. The Bertz CT molecular complexity index is 655. The largest absolute Gasteiger partial charge is 0.325 e. The van der Waals surface area contributed by atoms with Gasteiger partial charge in [-0.1, -0.05) is 0 Å². The second-order valence-electron chi connectivity index (χ2n) is 5.29. The van der Waals surface area contributed by atoms with Crippen LogP contribution in [0.25, 0.3) is 0 Å². The summed E-state index contributed by atoms with van der Waals surface area (Å²) in [4.78, 5) is 11.3. The predicted octanol–water partition coefficient (Wildman–Crippen LogP) is 1.78. The first-order valence-electron chi connectivity index (χ1n) is 7.09. The molecule has 2 N–H and O–H groups in total. The van der Waals surface area contributed by atoms with E-state index in [-0.39, 0.29) is 10.8 Å². The molecule has 0 bridgehead atoms. The van der Waals surface area contributed by atoms with Crippen molar-refractivity contribution in [2.75, 3.05) is 25.5 Å². The van der Waals surface area contributed by atoms with Gasteiger partial charge in [0.2, 0.25) is 15.9 Å². The Kier molecular flexibility index (Phi) is 5.60. The van der Waals surface area contributed by atoms with Crippen LogP contribution in [0, 0.1) is 0 Å². The van der Waals surface area contributed by atoms with E-state index in [4.69, 9.17) is 0 Å². The van der Waals surface area contributed by atoms with Gasteiger partial charge in [0.25, 0.3) is 0 Å². The van der Waals surface area contributed by atoms with E-state index in [2.05, 4.69) is 26.6 Å². The predicted molar refractivity (Wildman–Crippen MR) is 89.3 cm³/mol. The van der Waals surface area contributed by atoms with Crippen molar-refractivity contribution in [3.05, 3.63) is 22.7 Å². The molecule has 0 saturated carbocycles. The number of halogens is 1. The van der Waals surface area contributed by atoms with E-state index in [1.807, 2.05) is 7.05 Å². The molecule has 0 radical (unpaired) electrons. The van der Waals surface area contributed by atoms with Crippen LogP contribution in [0.1, 0.15) is 19.8 Å². The number of hydrogen-bond acceptors (Lipinski definition) is 4. The molecule has 1 aliphatic rings. The molecule has 0 aromatic heterocycles. The molecular formula is C14H20BrN3O3S. The first kappa shape index (κ1) is 17.4. The van der Waals surface area contributed by atoms with E-state index in [1.54, 1.807) is 6.07 Å². The van der Waals surface area contributed by atoms with Crippen molar-refractivity contribution in [3.8, 4) is 0 Å². The van der Waals surface area contributed by atoms with E-state index < -0.39 is 10.0 Å². The fourth-order valence-electron chi connectivity index (χ4n) is 2.48. The third kappa shape index (κ3) is 3.87. The van der Waals surface area contributed by atoms with Gasteiger partial charge in [-0.25, -0.2) is 8.42 Å². The number of nitrogens with zero attached hydrogens (tertiary/aromatic N) is 1. The highest BCUT2D eigenvalue weighted by Crippen LogP contribution is 2.28. The minimum atomic E-state index is -3.50. The minimum Gasteiger partial charge on any atom is -0.325 e. The maximum absolute atomic E-state index is 12.7. The summed E-state index contributed by atoms with van der Waals surface area (Å²) in [7, 11) is -1.60. The molecule has 0 spiro atoms. The lowest BCUT2D eigenvalue weighted by atomic mass is 10.1. The molecule has 0 atom stereocenters. The second kappa shape index (κ2) is 7.08. The minimum absolute atomic E-state index is 0.203. The Morgan fingerprint density at radius 1 is 1.32 bits per heavy atom. The van der Waals surface area contributed by atoms with Crippen LogP contribution in [-0.2, 0) is 14.8 Å². The molecule has 1 aromatic carbocycles. The van der Waals surface area contributed by atoms with Crippen LogP contribution in [0.4, 0.5) is 5.69 Å². The maximum atomic E-state index is 12.7. The molecule has 8 heteroatoms. The third-order valence-corrected chi connectivity index (χ3v) is 6.30. The Balaban J connectivity index is 2.19. The summed E-state index contributed by atoms with van der Waals surface area (Å²) in [5.41, 5.74) is 0.556. The SMILES string of the molecule is CNC1CCN(S(=O)(=O)c2ccc(NC(C)=O)c(Br)c2)CC1. The molecule has 0 unspecified atom stereocenters. The van der Waals surface area contributed by atoms with Gasteiger partial charge in [0.1, 0.15) is 0 Å². The number of carbonyl (C=O) groups is 1. The van der Waals surface area contributed by atoms with Crippen molar-refractivity contribution in [2.45, 2.75) is 30.7 Å². The van der Waals surface area contributed by atoms with E-state index in [1.165, 1.54) is 23.4 Å². The lowest BCUT2D eigenvalue weighted by Gasteiger charge is -2.31. The number of sulfonamides is 1. The lowest BCUT2D eigenvalue weighted by Crippen LogP contribution is -2.43. The van der Waals surface area contributed by atoms with E-state index in [9.17, 15) is 13.2 Å². The molecule has 0 aliphatic carbocycles. The Hall–Kier alpha value is -0.960. The highest BCUT2D eigenvalue weighted by Gasteiger charge is 2.29. The monoisotopic (exact) mass is 389 g/mol. The molecule has 1 saturated heterocycles. The Morgan fingerprint density at radius 2 is 1.95 bits per heavy atom. The normalized spacial score (nSPS) is 17.4. The van der Waals surface area contributed by atoms with Crippen molar-refractivity contribution in [1.29, 1.82) is 0 Å². The number of rotatable bonds is 4. The number of anilines is 1. The average Bonchev–Trinajstić information content (AvgIpc) is 2.49. The smallest absolute Gasteiger partial charge is 0.243 e. The second-order valence-corrected chi connectivity index (χ2v) is 8.08. The van der Waals surface area contributed by atoms with Crippen LogP contribution in [0.5, 0.6) is 0 Å². The fraction of sp³-hybridized carbons (Fsp3) is 0.500. The average molecular weight is 390 g/mol. The molecule has 122 valence electrons. The number of nitrogens with one attached hydrogen (secondary N) is 2. The molecule has 1 amide bonds. The highest BCUT2D eigenvalue weighted by atomic mass is 79.9. The van der Waals surface area contributed by atoms with E-state index in [0.717, 1.165) is 12.8 Å². The molecule has 22 heavy (non-hydrogen) atoms. The third-order valence-electron chi connectivity index (χ3n) is 3.75. The standard InChI is InChI=1S/C14H20BrN3O3S/c1-10(19)17-14-4-3-12(9-13(14)15)22(20,21)18-7-5-11(16-2)6-8-18/h3-4,9,11,16H,5-8H2,1-2H3,(H,17,19). The summed E-state index contributed by atoms with van der Waals surface area (Å²) in [6.07, 6.45) is 1.61. The van der Waals surface area contributed by atoms with Gasteiger partial charge in [-0.05, 0) is 54.0 Å². The van der Waals surface area contributed by atoms with Gasteiger partial charge < -0.3 is 10.6 Å². The molecule has 6 nitrogen and oxygen atoms in total. The van der Waals surface area contributed by atoms with Gasteiger partial charge in [-0.2, -0.15) is 4.31 Å². The first-order chi connectivity index (χ1) is 10.3. The summed E-state index contributed by atoms with van der Waals surface area (Å²) in [6, 6.07) is 5.03. The number of amides is 1. The van der Waals surface area contributed by atoms with Gasteiger partial charge in [0.05, 0.1) is 10.6 Å². The molecular weight excluding hydrogens is 370 g/mol. The zero-order valence-corrected chi connectivity index (χ0v) is 15.0. The van der Waals surface area contributed by atoms with E-state index >= 15 is 0 Å².